The van der Waals surface area contributed by atoms with E-state index >= 15 is 0 Å². The molecule has 188 valence electrons. The van der Waals surface area contributed by atoms with Gasteiger partial charge in [0.25, 0.3) is 0 Å². The Morgan fingerprint density at radius 2 is 1.89 bits per heavy atom. The summed E-state index contributed by atoms with van der Waals surface area (Å²) in [5.41, 5.74) is 2.77. The number of aliphatic hydroxyl groups excluding tert-OH is 2. The molecule has 10 heteroatoms. The number of aliphatic hydroxyl groups is 2. The molecule has 2 fully saturated rings. The molecule has 0 bridgehead atoms. The van der Waals surface area contributed by atoms with E-state index in [2.05, 4.69) is 15.6 Å². The molecule has 35 heavy (non-hydrogen) atoms. The maximum absolute atomic E-state index is 10.9. The minimum absolute atomic E-state index is 0.227. The number of aromatic nitrogens is 4. The van der Waals surface area contributed by atoms with Crippen molar-refractivity contribution >= 4 is 33.3 Å². The molecule has 3 heterocycles. The molecule has 4 atom stereocenters. The van der Waals surface area contributed by atoms with Gasteiger partial charge in [-0.15, -0.1) is 11.3 Å². The summed E-state index contributed by atoms with van der Waals surface area (Å²) in [7, 11) is 1.63. The smallest absolute Gasteiger partial charge is 0.224 e. The van der Waals surface area contributed by atoms with Gasteiger partial charge in [0.1, 0.15) is 22.4 Å². The monoisotopic (exact) mass is 498 g/mol. The number of nitrogens with zero attached hydrogens (tertiary/aromatic N) is 4. The van der Waals surface area contributed by atoms with E-state index in [0.717, 1.165) is 38.7 Å². The Balaban J connectivity index is 1.52. The second-order valence-corrected chi connectivity index (χ2v) is 11.4. The van der Waals surface area contributed by atoms with Gasteiger partial charge in [0, 0.05) is 25.8 Å². The summed E-state index contributed by atoms with van der Waals surface area (Å²) in [6.45, 7) is 8.63. The zero-order valence-electron chi connectivity index (χ0n) is 20.9. The van der Waals surface area contributed by atoms with Crippen molar-refractivity contribution in [2.24, 2.45) is 11.8 Å². The molecule has 0 unspecified atom stereocenters. The van der Waals surface area contributed by atoms with Gasteiger partial charge in [-0.2, -0.15) is 4.98 Å². The van der Waals surface area contributed by atoms with Crippen LogP contribution in [0.1, 0.15) is 44.5 Å². The number of fused-ring (bicyclic) bond motifs is 1. The zero-order chi connectivity index (χ0) is 24.9. The van der Waals surface area contributed by atoms with Gasteiger partial charge in [-0.05, 0) is 58.9 Å². The number of ether oxygens (including phenoxy) is 1. The van der Waals surface area contributed by atoms with E-state index in [1.165, 1.54) is 12.8 Å². The highest BCUT2D eigenvalue weighted by Crippen LogP contribution is 2.41. The zero-order valence-corrected chi connectivity index (χ0v) is 21.7. The summed E-state index contributed by atoms with van der Waals surface area (Å²) in [6, 6.07) is 1.57. The van der Waals surface area contributed by atoms with Crippen LogP contribution in [0.3, 0.4) is 0 Å². The summed E-state index contributed by atoms with van der Waals surface area (Å²) in [5.74, 6) is 1.61. The molecule has 0 aromatic carbocycles. The molecule has 3 aromatic rings. The number of hydrogen-bond donors (Lipinski definition) is 4. The van der Waals surface area contributed by atoms with E-state index in [9.17, 15) is 10.2 Å². The summed E-state index contributed by atoms with van der Waals surface area (Å²) in [5, 5.41) is 29.4. The maximum Gasteiger partial charge on any atom is 0.224 e. The predicted octanol–water partition coefficient (Wildman–Crippen LogP) is 3.53. The first-order valence-electron chi connectivity index (χ1n) is 12.2. The molecule has 0 aliphatic heterocycles. The van der Waals surface area contributed by atoms with Gasteiger partial charge in [-0.1, -0.05) is 0 Å². The Bertz CT molecular complexity index is 1230. The van der Waals surface area contributed by atoms with Crippen molar-refractivity contribution < 1.29 is 14.9 Å². The summed E-state index contributed by atoms with van der Waals surface area (Å²) in [4.78, 5) is 18.8. The lowest BCUT2D eigenvalue weighted by Crippen LogP contribution is -2.41. The molecular weight excluding hydrogens is 464 g/mol. The minimum Gasteiger partial charge on any atom is -0.390 e. The van der Waals surface area contributed by atoms with E-state index in [-0.39, 0.29) is 5.92 Å². The molecule has 4 N–H and O–H groups in total. The van der Waals surface area contributed by atoms with Gasteiger partial charge in [0.05, 0.1) is 39.4 Å². The normalized spacial score (nSPS) is 24.8. The first kappa shape index (κ1) is 24.3. The standard InChI is InChI=1S/C25H34N6O3S/c1-12-18(23-30-19-13(2)26-9-8-17(19)35-23)22(31-24(28-12)27-11-14-6-7-14)29-16-10-15(20(32)21(16)33)25(3,4)34-5/h8-9,14-16,20-21,32-33H,6-7,10-11H2,1-5H3,(H2,27,28,29,31)/t15-,16+,20+,21-/m0/s1. The quantitative estimate of drug-likeness (QED) is 0.369. The second-order valence-electron chi connectivity index (χ2n) is 10.3. The van der Waals surface area contributed by atoms with Crippen molar-refractivity contribution in [2.45, 2.75) is 70.8 Å². The largest absolute Gasteiger partial charge is 0.390 e. The molecule has 0 amide bonds. The van der Waals surface area contributed by atoms with Crippen LogP contribution in [0, 0.1) is 25.7 Å². The fourth-order valence-electron chi connectivity index (χ4n) is 4.85. The van der Waals surface area contributed by atoms with Crippen LogP contribution in [-0.2, 0) is 4.74 Å². The average molecular weight is 499 g/mol. The van der Waals surface area contributed by atoms with E-state index in [0.29, 0.717) is 24.1 Å². The Hall–Kier alpha value is -2.40. The fourth-order valence-corrected chi connectivity index (χ4v) is 5.96. The molecule has 2 aliphatic carbocycles. The highest BCUT2D eigenvalue weighted by atomic mass is 32.1. The Morgan fingerprint density at radius 3 is 2.57 bits per heavy atom. The van der Waals surface area contributed by atoms with Crippen molar-refractivity contribution in [1.29, 1.82) is 0 Å². The molecule has 9 nitrogen and oxygen atoms in total. The highest BCUT2D eigenvalue weighted by Gasteiger charge is 2.48. The lowest BCUT2D eigenvalue weighted by molar-refractivity contribution is -0.0819. The number of methoxy groups -OCH3 is 1. The third-order valence-corrected chi connectivity index (χ3v) is 8.50. The molecule has 2 aliphatic rings. The van der Waals surface area contributed by atoms with Crippen LogP contribution >= 0.6 is 11.3 Å². The van der Waals surface area contributed by atoms with Crippen LogP contribution in [0.2, 0.25) is 0 Å². The van der Waals surface area contributed by atoms with Crippen LogP contribution in [0.4, 0.5) is 11.8 Å². The molecule has 0 radical (unpaired) electrons. The van der Waals surface area contributed by atoms with Crippen molar-refractivity contribution in [3.63, 3.8) is 0 Å². The van der Waals surface area contributed by atoms with Crippen molar-refractivity contribution in [3.05, 3.63) is 23.7 Å². The van der Waals surface area contributed by atoms with Gasteiger partial charge < -0.3 is 25.6 Å². The Kier molecular flexibility index (Phi) is 6.41. The average Bonchev–Trinajstić information content (AvgIpc) is 3.48. The molecule has 0 spiro atoms. The van der Waals surface area contributed by atoms with Crippen molar-refractivity contribution in [1.82, 2.24) is 19.9 Å². The lowest BCUT2D eigenvalue weighted by atomic mass is 9.87. The first-order chi connectivity index (χ1) is 16.7. The number of hydrogen-bond acceptors (Lipinski definition) is 10. The van der Waals surface area contributed by atoms with Crippen LogP contribution in [0.15, 0.2) is 12.3 Å². The van der Waals surface area contributed by atoms with Crippen molar-refractivity contribution in [3.8, 4) is 10.6 Å². The van der Waals surface area contributed by atoms with Crippen LogP contribution < -0.4 is 10.6 Å². The maximum atomic E-state index is 10.9. The van der Waals surface area contributed by atoms with Gasteiger partial charge in [-0.25, -0.2) is 9.97 Å². The minimum atomic E-state index is -0.956. The molecule has 3 aromatic heterocycles. The van der Waals surface area contributed by atoms with Gasteiger partial charge in [0.15, 0.2) is 0 Å². The lowest BCUT2D eigenvalue weighted by Gasteiger charge is -2.32. The van der Waals surface area contributed by atoms with Gasteiger partial charge in [-0.3, -0.25) is 4.98 Å². The van der Waals surface area contributed by atoms with Crippen LogP contribution in [0.5, 0.6) is 0 Å². The summed E-state index contributed by atoms with van der Waals surface area (Å²) in [6.07, 6.45) is 2.94. The number of nitrogens with one attached hydrogen (secondary N) is 2. The molecule has 0 saturated heterocycles. The van der Waals surface area contributed by atoms with Crippen LogP contribution in [-0.4, -0.2) is 67.7 Å². The van der Waals surface area contributed by atoms with Crippen LogP contribution in [0.25, 0.3) is 20.8 Å². The first-order valence-corrected chi connectivity index (χ1v) is 13.0. The Labute approximate surface area is 209 Å². The van der Waals surface area contributed by atoms with E-state index < -0.39 is 23.9 Å². The Morgan fingerprint density at radius 1 is 1.11 bits per heavy atom. The molecule has 5 rings (SSSR count). The predicted molar refractivity (Wildman–Crippen MR) is 138 cm³/mol. The van der Waals surface area contributed by atoms with Gasteiger partial charge >= 0.3 is 0 Å². The summed E-state index contributed by atoms with van der Waals surface area (Å²) >= 11 is 1.57. The topological polar surface area (TPSA) is 125 Å². The van der Waals surface area contributed by atoms with Crippen molar-refractivity contribution in [2.75, 3.05) is 24.3 Å². The second kappa shape index (κ2) is 9.24. The third-order valence-electron chi connectivity index (χ3n) is 7.46. The molecule has 2 saturated carbocycles. The third kappa shape index (κ3) is 4.72. The van der Waals surface area contributed by atoms with E-state index in [4.69, 9.17) is 19.7 Å². The fraction of sp³-hybridized carbons (Fsp3) is 0.600. The number of aryl methyl sites for hydroxylation is 2. The number of thiazole rings is 1. The number of anilines is 2. The number of rotatable bonds is 8. The summed E-state index contributed by atoms with van der Waals surface area (Å²) < 4.78 is 6.67. The SMILES string of the molecule is COC(C)(C)[C@H]1C[C@@H](Nc2nc(NCC3CC3)nc(C)c2-c2nc3c(C)nccc3s2)[C@H](O)[C@@H]1O. The molecular formula is C25H34N6O3S. The van der Waals surface area contributed by atoms with E-state index in [1.807, 2.05) is 33.8 Å². The van der Waals surface area contributed by atoms with E-state index in [1.54, 1.807) is 24.6 Å². The highest BCUT2D eigenvalue weighted by molar-refractivity contribution is 7.21. The van der Waals surface area contributed by atoms with Gasteiger partial charge in [0.2, 0.25) is 5.95 Å². The number of pyridine rings is 1.